The molecule has 154 valence electrons. The number of carbonyl (C=O) groups is 3. The number of fused-ring (bicyclic) bond motifs is 1. The van der Waals surface area contributed by atoms with Crippen molar-refractivity contribution >= 4 is 34.2 Å². The van der Waals surface area contributed by atoms with Crippen molar-refractivity contribution in [3.8, 4) is 5.75 Å². The lowest BCUT2D eigenvalue weighted by Crippen LogP contribution is -2.51. The van der Waals surface area contributed by atoms with Gasteiger partial charge in [0.05, 0.1) is 25.8 Å². The van der Waals surface area contributed by atoms with Gasteiger partial charge >= 0.3 is 6.09 Å². The molecule has 0 radical (unpaired) electrons. The Morgan fingerprint density at radius 1 is 1.00 bits per heavy atom. The fourth-order valence-electron chi connectivity index (χ4n) is 3.47. The molecular weight excluding hydrogens is 374 g/mol. The zero-order valence-electron chi connectivity index (χ0n) is 16.6. The zero-order chi connectivity index (χ0) is 21.0. The van der Waals surface area contributed by atoms with Gasteiger partial charge in [0.15, 0.2) is 5.78 Å². The van der Waals surface area contributed by atoms with Crippen molar-refractivity contribution in [3.63, 3.8) is 0 Å². The number of nitrogens with two attached hydrogens (primary N) is 1. The first-order chi connectivity index (χ1) is 14.0. The fraction of sp³-hybridized carbons (Fsp3) is 0.381. The highest BCUT2D eigenvalue weighted by atomic mass is 16.6. The maximum absolute atomic E-state index is 12.7. The summed E-state index contributed by atoms with van der Waals surface area (Å²) in [5, 5.41) is 1.52. The summed E-state index contributed by atoms with van der Waals surface area (Å²) in [4.78, 5) is 40.2. The van der Waals surface area contributed by atoms with Crippen LogP contribution in [0.15, 0.2) is 30.3 Å². The Morgan fingerprint density at radius 3 is 2.34 bits per heavy atom. The second-order valence-corrected chi connectivity index (χ2v) is 6.75. The molecular formula is C21H25N3O5. The summed E-state index contributed by atoms with van der Waals surface area (Å²) >= 11 is 0. The number of methoxy groups -OCH3 is 1. The molecule has 0 spiro atoms. The quantitative estimate of drug-likeness (QED) is 0.470. The number of amides is 2. The van der Waals surface area contributed by atoms with E-state index in [9.17, 15) is 14.4 Å². The zero-order valence-corrected chi connectivity index (χ0v) is 16.6. The number of ketones is 1. The van der Waals surface area contributed by atoms with Crippen molar-refractivity contribution in [2.24, 2.45) is 0 Å². The Morgan fingerprint density at radius 2 is 1.69 bits per heavy atom. The predicted octanol–water partition coefficient (Wildman–Crippen LogP) is 2.30. The topological polar surface area (TPSA) is 102 Å². The summed E-state index contributed by atoms with van der Waals surface area (Å²) in [6, 6.07) is 8.86. The number of ether oxygens (including phenoxy) is 2. The Labute approximate surface area is 169 Å². The van der Waals surface area contributed by atoms with Crippen LogP contribution >= 0.6 is 0 Å². The van der Waals surface area contributed by atoms with Gasteiger partial charge in [0.25, 0.3) is 0 Å². The molecule has 2 amide bonds. The summed E-state index contributed by atoms with van der Waals surface area (Å²) in [6.07, 6.45) is -0.644. The van der Waals surface area contributed by atoms with Gasteiger partial charge in [-0.15, -0.1) is 0 Å². The first-order valence-electron chi connectivity index (χ1n) is 9.54. The summed E-state index contributed by atoms with van der Waals surface area (Å²) in [5.41, 5.74) is 6.88. The molecule has 0 atom stereocenters. The van der Waals surface area contributed by atoms with Crippen LogP contribution in [-0.4, -0.2) is 67.5 Å². The van der Waals surface area contributed by atoms with Crippen molar-refractivity contribution in [1.29, 1.82) is 0 Å². The molecule has 2 N–H and O–H groups in total. The van der Waals surface area contributed by atoms with Gasteiger partial charge < -0.3 is 25.0 Å². The average molecular weight is 399 g/mol. The maximum Gasteiger partial charge on any atom is 0.409 e. The predicted molar refractivity (Wildman–Crippen MR) is 109 cm³/mol. The van der Waals surface area contributed by atoms with E-state index in [0.29, 0.717) is 55.2 Å². The Hall–Kier alpha value is -3.29. The molecule has 0 saturated carbocycles. The lowest BCUT2D eigenvalue weighted by atomic mass is 9.99. The third-order valence-electron chi connectivity index (χ3n) is 5.05. The van der Waals surface area contributed by atoms with Gasteiger partial charge in [-0.3, -0.25) is 9.59 Å². The van der Waals surface area contributed by atoms with E-state index in [1.807, 2.05) is 12.1 Å². The molecule has 1 saturated heterocycles. The molecule has 3 rings (SSSR count). The van der Waals surface area contributed by atoms with Gasteiger partial charge in [-0.25, -0.2) is 4.79 Å². The van der Waals surface area contributed by atoms with E-state index in [1.165, 1.54) is 0 Å². The van der Waals surface area contributed by atoms with E-state index in [2.05, 4.69) is 0 Å². The van der Waals surface area contributed by atoms with Crippen LogP contribution in [0.4, 0.5) is 10.5 Å². The number of nitrogen functional groups attached to an aromatic ring is 1. The lowest BCUT2D eigenvalue weighted by Gasteiger charge is -2.34. The first kappa shape index (κ1) is 20.4. The fourth-order valence-corrected chi connectivity index (χ4v) is 3.47. The molecule has 1 aliphatic heterocycles. The molecule has 29 heavy (non-hydrogen) atoms. The molecule has 8 heteroatoms. The van der Waals surface area contributed by atoms with Crippen molar-refractivity contribution < 1.29 is 23.9 Å². The second kappa shape index (κ2) is 8.81. The van der Waals surface area contributed by atoms with Crippen LogP contribution in [0.1, 0.15) is 23.7 Å². The van der Waals surface area contributed by atoms with Crippen molar-refractivity contribution in [2.75, 3.05) is 45.6 Å². The molecule has 8 nitrogen and oxygen atoms in total. The minimum absolute atomic E-state index is 0.265. The number of carbonyl (C=O) groups excluding carboxylic acids is 3. The van der Waals surface area contributed by atoms with Crippen LogP contribution in [0.25, 0.3) is 10.8 Å². The smallest absolute Gasteiger partial charge is 0.409 e. The Bertz CT molecular complexity index is 935. The molecule has 2 aromatic carbocycles. The Kier molecular flexibility index (Phi) is 6.21. The van der Waals surface area contributed by atoms with Crippen molar-refractivity contribution in [2.45, 2.75) is 13.3 Å². The number of nitrogens with zero attached hydrogens (tertiary/aromatic N) is 2. The Balaban J connectivity index is 1.67. The van der Waals surface area contributed by atoms with Gasteiger partial charge in [0.2, 0.25) is 5.91 Å². The van der Waals surface area contributed by atoms with Crippen molar-refractivity contribution in [1.82, 2.24) is 9.80 Å². The summed E-state index contributed by atoms with van der Waals surface area (Å²) in [6.45, 7) is 3.57. The van der Waals surface area contributed by atoms with E-state index >= 15 is 0 Å². The SMILES string of the molecule is CCOC(=O)N1CCN(C(=O)CC(=O)c2ccc3c(OC)cccc3c2N)CC1. The van der Waals surface area contributed by atoms with Crippen LogP contribution in [-0.2, 0) is 9.53 Å². The monoisotopic (exact) mass is 399 g/mol. The van der Waals surface area contributed by atoms with E-state index in [-0.39, 0.29) is 24.2 Å². The second-order valence-electron chi connectivity index (χ2n) is 6.75. The number of rotatable bonds is 5. The molecule has 1 fully saturated rings. The summed E-state index contributed by atoms with van der Waals surface area (Å²) < 4.78 is 10.3. The first-order valence-corrected chi connectivity index (χ1v) is 9.54. The average Bonchev–Trinajstić information content (AvgIpc) is 2.73. The van der Waals surface area contributed by atoms with E-state index in [0.717, 1.165) is 5.39 Å². The molecule has 2 aromatic rings. The molecule has 1 heterocycles. The molecule has 0 unspecified atom stereocenters. The maximum atomic E-state index is 12.7. The minimum Gasteiger partial charge on any atom is -0.496 e. The van der Waals surface area contributed by atoms with E-state index in [4.69, 9.17) is 15.2 Å². The van der Waals surface area contributed by atoms with E-state index in [1.54, 1.807) is 42.0 Å². The third-order valence-corrected chi connectivity index (χ3v) is 5.05. The van der Waals surface area contributed by atoms with Gasteiger partial charge in [0, 0.05) is 42.5 Å². The highest BCUT2D eigenvalue weighted by molar-refractivity contribution is 6.14. The minimum atomic E-state index is -0.380. The molecule has 1 aliphatic rings. The van der Waals surface area contributed by atoms with Crippen LogP contribution in [0.3, 0.4) is 0 Å². The van der Waals surface area contributed by atoms with Crippen LogP contribution in [0.2, 0.25) is 0 Å². The number of hydrogen-bond donors (Lipinski definition) is 1. The molecule has 0 aromatic heterocycles. The van der Waals surface area contributed by atoms with Gasteiger partial charge in [0.1, 0.15) is 5.75 Å². The van der Waals surface area contributed by atoms with Crippen LogP contribution in [0.5, 0.6) is 5.75 Å². The van der Waals surface area contributed by atoms with Gasteiger partial charge in [-0.2, -0.15) is 0 Å². The molecule has 0 aliphatic carbocycles. The standard InChI is InChI=1S/C21H25N3O5/c1-3-29-21(27)24-11-9-23(10-12-24)19(26)13-17(25)16-8-7-14-15(20(16)22)5-4-6-18(14)28-2/h4-8H,3,9-13,22H2,1-2H3. The number of piperazine rings is 1. The van der Waals surface area contributed by atoms with Crippen LogP contribution in [0, 0.1) is 0 Å². The number of Topliss-reactive ketones (excluding diaryl/α,β-unsaturated/α-hetero) is 1. The normalized spacial score (nSPS) is 14.0. The summed E-state index contributed by atoms with van der Waals surface area (Å²) in [7, 11) is 1.57. The third kappa shape index (κ3) is 4.26. The molecule has 0 bridgehead atoms. The van der Waals surface area contributed by atoms with E-state index < -0.39 is 0 Å². The van der Waals surface area contributed by atoms with Gasteiger partial charge in [-0.05, 0) is 25.1 Å². The van der Waals surface area contributed by atoms with Crippen molar-refractivity contribution in [3.05, 3.63) is 35.9 Å². The largest absolute Gasteiger partial charge is 0.496 e. The lowest BCUT2D eigenvalue weighted by molar-refractivity contribution is -0.131. The van der Waals surface area contributed by atoms with Gasteiger partial charge in [-0.1, -0.05) is 12.1 Å². The highest BCUT2D eigenvalue weighted by Gasteiger charge is 2.26. The number of benzene rings is 2. The number of anilines is 1. The highest BCUT2D eigenvalue weighted by Crippen LogP contribution is 2.32. The van der Waals surface area contributed by atoms with Crippen LogP contribution < -0.4 is 10.5 Å². The summed E-state index contributed by atoms with van der Waals surface area (Å²) in [5.74, 6) is 0.0671. The number of hydrogen-bond acceptors (Lipinski definition) is 6.